The Balaban J connectivity index is 2.16. The van der Waals surface area contributed by atoms with Crippen LogP contribution in [0.3, 0.4) is 0 Å². The van der Waals surface area contributed by atoms with Crippen LogP contribution in [0, 0.1) is 0 Å². The van der Waals surface area contributed by atoms with Crippen LogP contribution in [-0.2, 0) is 6.42 Å². The van der Waals surface area contributed by atoms with Crippen molar-refractivity contribution >= 4 is 11.3 Å². The van der Waals surface area contributed by atoms with Gasteiger partial charge >= 0.3 is 0 Å². The fourth-order valence-electron chi connectivity index (χ4n) is 2.23. The summed E-state index contributed by atoms with van der Waals surface area (Å²) in [4.78, 5) is 1.25. The molecule has 0 amide bonds. The molecule has 0 fully saturated rings. The van der Waals surface area contributed by atoms with Crippen LogP contribution in [-0.4, -0.2) is 20.8 Å². The molecule has 1 N–H and O–H groups in total. The first kappa shape index (κ1) is 14.9. The average molecular weight is 291 g/mol. The zero-order valence-electron chi connectivity index (χ0n) is 12.2. The van der Waals surface area contributed by atoms with Crippen molar-refractivity contribution in [2.75, 3.05) is 20.8 Å². The molecule has 1 aromatic carbocycles. The highest BCUT2D eigenvalue weighted by atomic mass is 32.1. The van der Waals surface area contributed by atoms with Crippen LogP contribution in [0.2, 0.25) is 0 Å². The van der Waals surface area contributed by atoms with Gasteiger partial charge in [0.2, 0.25) is 0 Å². The summed E-state index contributed by atoms with van der Waals surface area (Å²) < 4.78 is 10.6. The monoisotopic (exact) mass is 291 g/mol. The smallest absolute Gasteiger partial charge is 0.134 e. The predicted molar refractivity (Wildman–Crippen MR) is 84.0 cm³/mol. The minimum Gasteiger partial charge on any atom is -0.497 e. The summed E-state index contributed by atoms with van der Waals surface area (Å²) in [7, 11) is 3.41. The molecule has 0 saturated carbocycles. The molecule has 0 radical (unpaired) electrons. The van der Waals surface area contributed by atoms with Gasteiger partial charge in [-0.15, -0.1) is 11.3 Å². The first-order valence-corrected chi connectivity index (χ1v) is 7.64. The number of thiophene rings is 1. The number of hydrogen-bond acceptors (Lipinski definition) is 4. The molecule has 4 heteroatoms. The van der Waals surface area contributed by atoms with Crippen LogP contribution in [0.1, 0.15) is 23.4 Å². The number of benzene rings is 1. The van der Waals surface area contributed by atoms with Gasteiger partial charge in [0, 0.05) is 6.04 Å². The molecule has 20 heavy (non-hydrogen) atoms. The van der Waals surface area contributed by atoms with Crippen LogP contribution >= 0.6 is 11.3 Å². The van der Waals surface area contributed by atoms with E-state index >= 15 is 0 Å². The van der Waals surface area contributed by atoms with E-state index in [0.29, 0.717) is 0 Å². The van der Waals surface area contributed by atoms with Crippen molar-refractivity contribution in [3.05, 3.63) is 46.2 Å². The molecule has 0 bridgehead atoms. The Morgan fingerprint density at radius 1 is 1.10 bits per heavy atom. The van der Waals surface area contributed by atoms with Crippen LogP contribution < -0.4 is 14.8 Å². The SMILES string of the molecule is CCNC(Cc1ccc(OC)cc1)c1sccc1OC. The van der Waals surface area contributed by atoms with Crippen LogP contribution in [0.4, 0.5) is 0 Å². The van der Waals surface area contributed by atoms with Crippen molar-refractivity contribution in [1.82, 2.24) is 5.32 Å². The van der Waals surface area contributed by atoms with Crippen LogP contribution in [0.5, 0.6) is 11.5 Å². The summed E-state index contributed by atoms with van der Waals surface area (Å²) in [6.45, 7) is 3.06. The fourth-order valence-corrected chi connectivity index (χ4v) is 3.17. The van der Waals surface area contributed by atoms with Crippen molar-refractivity contribution in [1.29, 1.82) is 0 Å². The maximum atomic E-state index is 5.44. The third kappa shape index (κ3) is 3.52. The van der Waals surface area contributed by atoms with Gasteiger partial charge in [-0.3, -0.25) is 0 Å². The highest BCUT2D eigenvalue weighted by Gasteiger charge is 2.17. The second-order valence-corrected chi connectivity index (χ2v) is 5.46. The predicted octanol–water partition coefficient (Wildman–Crippen LogP) is 3.66. The lowest BCUT2D eigenvalue weighted by Gasteiger charge is -2.18. The number of methoxy groups -OCH3 is 2. The van der Waals surface area contributed by atoms with Gasteiger partial charge in [-0.25, -0.2) is 0 Å². The summed E-state index contributed by atoms with van der Waals surface area (Å²) >= 11 is 1.74. The normalized spacial score (nSPS) is 12.2. The zero-order valence-corrected chi connectivity index (χ0v) is 13.0. The van der Waals surface area contributed by atoms with Crippen LogP contribution in [0.25, 0.3) is 0 Å². The molecule has 0 aliphatic rings. The molecular formula is C16H21NO2S. The van der Waals surface area contributed by atoms with Crippen molar-refractivity contribution in [2.24, 2.45) is 0 Å². The van der Waals surface area contributed by atoms with E-state index in [4.69, 9.17) is 9.47 Å². The molecule has 1 heterocycles. The molecule has 1 atom stereocenters. The summed E-state index contributed by atoms with van der Waals surface area (Å²) in [5.74, 6) is 1.86. The quantitative estimate of drug-likeness (QED) is 0.844. The minimum absolute atomic E-state index is 0.281. The minimum atomic E-state index is 0.281. The first-order chi connectivity index (χ1) is 9.78. The van der Waals surface area contributed by atoms with Crippen molar-refractivity contribution < 1.29 is 9.47 Å². The molecule has 2 aromatic rings. The Bertz CT molecular complexity index is 522. The summed E-state index contributed by atoms with van der Waals surface area (Å²) in [6, 6.07) is 10.5. The first-order valence-electron chi connectivity index (χ1n) is 6.76. The van der Waals surface area contributed by atoms with E-state index in [9.17, 15) is 0 Å². The molecule has 0 spiro atoms. The highest BCUT2D eigenvalue weighted by molar-refractivity contribution is 7.10. The van der Waals surface area contributed by atoms with E-state index in [0.717, 1.165) is 24.5 Å². The number of nitrogens with one attached hydrogen (secondary N) is 1. The summed E-state index contributed by atoms with van der Waals surface area (Å²) in [6.07, 6.45) is 0.939. The Kier molecular flexibility index (Phi) is 5.44. The summed E-state index contributed by atoms with van der Waals surface area (Å²) in [5, 5.41) is 5.61. The van der Waals surface area contributed by atoms with Gasteiger partial charge in [-0.05, 0) is 42.1 Å². The third-order valence-corrected chi connectivity index (χ3v) is 4.25. The summed E-state index contributed by atoms with van der Waals surface area (Å²) in [5.41, 5.74) is 1.28. The standard InChI is InChI=1S/C16H21NO2S/c1-4-17-14(16-15(19-3)9-10-20-16)11-12-5-7-13(18-2)8-6-12/h5-10,14,17H,4,11H2,1-3H3. The van der Waals surface area contributed by atoms with Gasteiger partial charge in [0.25, 0.3) is 0 Å². The van der Waals surface area contributed by atoms with Gasteiger partial charge < -0.3 is 14.8 Å². The molecule has 0 aliphatic carbocycles. The lowest BCUT2D eigenvalue weighted by Crippen LogP contribution is -2.22. The van der Waals surface area contributed by atoms with E-state index in [-0.39, 0.29) is 6.04 Å². The second-order valence-electron chi connectivity index (χ2n) is 4.52. The van der Waals surface area contributed by atoms with E-state index in [2.05, 4.69) is 29.8 Å². The zero-order chi connectivity index (χ0) is 14.4. The van der Waals surface area contributed by atoms with Gasteiger partial charge in [-0.1, -0.05) is 19.1 Å². The van der Waals surface area contributed by atoms with E-state index in [1.807, 2.05) is 18.2 Å². The largest absolute Gasteiger partial charge is 0.497 e. The second kappa shape index (κ2) is 7.31. The lowest BCUT2D eigenvalue weighted by molar-refractivity contribution is 0.403. The lowest BCUT2D eigenvalue weighted by atomic mass is 10.0. The van der Waals surface area contributed by atoms with E-state index in [1.165, 1.54) is 10.4 Å². The van der Waals surface area contributed by atoms with Gasteiger partial charge in [0.1, 0.15) is 11.5 Å². The van der Waals surface area contributed by atoms with Crippen molar-refractivity contribution in [3.8, 4) is 11.5 Å². The number of rotatable bonds is 7. The highest BCUT2D eigenvalue weighted by Crippen LogP contribution is 2.33. The number of likely N-dealkylation sites (N-methyl/N-ethyl adjacent to an activating group) is 1. The van der Waals surface area contributed by atoms with Crippen molar-refractivity contribution in [2.45, 2.75) is 19.4 Å². The topological polar surface area (TPSA) is 30.5 Å². The maximum Gasteiger partial charge on any atom is 0.134 e. The van der Waals surface area contributed by atoms with Gasteiger partial charge in [0.05, 0.1) is 19.1 Å². The number of ether oxygens (including phenoxy) is 2. The van der Waals surface area contributed by atoms with E-state index < -0.39 is 0 Å². The Morgan fingerprint density at radius 3 is 2.45 bits per heavy atom. The molecule has 1 aromatic heterocycles. The Hall–Kier alpha value is -1.52. The van der Waals surface area contributed by atoms with Gasteiger partial charge in [0.15, 0.2) is 0 Å². The molecule has 0 aliphatic heterocycles. The molecule has 0 saturated heterocycles. The molecule has 2 rings (SSSR count). The van der Waals surface area contributed by atoms with Crippen molar-refractivity contribution in [3.63, 3.8) is 0 Å². The van der Waals surface area contributed by atoms with E-state index in [1.54, 1.807) is 25.6 Å². The average Bonchev–Trinajstić information content (AvgIpc) is 2.96. The number of hydrogen-bond donors (Lipinski definition) is 1. The maximum absolute atomic E-state index is 5.44. The Labute approximate surface area is 124 Å². The fraction of sp³-hybridized carbons (Fsp3) is 0.375. The molecular weight excluding hydrogens is 270 g/mol. The molecule has 1 unspecified atom stereocenters. The van der Waals surface area contributed by atoms with Crippen LogP contribution in [0.15, 0.2) is 35.7 Å². The van der Waals surface area contributed by atoms with Gasteiger partial charge in [-0.2, -0.15) is 0 Å². The third-order valence-electron chi connectivity index (χ3n) is 3.24. The molecule has 3 nitrogen and oxygen atoms in total. The Morgan fingerprint density at radius 2 is 1.85 bits per heavy atom. The molecule has 108 valence electrons.